The Bertz CT molecular complexity index is 318. The van der Waals surface area contributed by atoms with Crippen molar-refractivity contribution in [2.45, 2.75) is 45.3 Å². The Balaban J connectivity index is 2.31. The molecule has 116 valence electrons. The van der Waals surface area contributed by atoms with Crippen LogP contribution in [0.5, 0.6) is 0 Å². The summed E-state index contributed by atoms with van der Waals surface area (Å²) in [7, 11) is 2.95. The minimum atomic E-state index is -0.319. The van der Waals surface area contributed by atoms with Gasteiger partial charge in [-0.15, -0.1) is 0 Å². The fourth-order valence-electron chi connectivity index (χ4n) is 2.17. The van der Waals surface area contributed by atoms with E-state index in [-0.39, 0.29) is 18.9 Å². The van der Waals surface area contributed by atoms with Gasteiger partial charge in [-0.3, -0.25) is 0 Å². The molecule has 0 amide bonds. The van der Waals surface area contributed by atoms with Gasteiger partial charge in [0.1, 0.15) is 0 Å². The molecule has 1 heterocycles. The Morgan fingerprint density at radius 3 is 2.70 bits per heavy atom. The highest BCUT2D eigenvalue weighted by Crippen LogP contribution is 2.16. The van der Waals surface area contributed by atoms with Gasteiger partial charge in [0, 0.05) is 13.7 Å². The predicted octanol–water partition coefficient (Wildman–Crippen LogP) is 2.45. The molecule has 0 N–H and O–H groups in total. The van der Waals surface area contributed by atoms with Crippen LogP contribution < -0.4 is 0 Å². The molecule has 5 nitrogen and oxygen atoms in total. The molecule has 0 aromatic heterocycles. The van der Waals surface area contributed by atoms with Crippen molar-refractivity contribution in [2.24, 2.45) is 0 Å². The van der Waals surface area contributed by atoms with Gasteiger partial charge < -0.3 is 18.9 Å². The monoisotopic (exact) mass is 286 g/mol. The van der Waals surface area contributed by atoms with Crippen LogP contribution in [0.1, 0.15) is 39.0 Å². The van der Waals surface area contributed by atoms with Gasteiger partial charge in [-0.05, 0) is 39.0 Å². The zero-order valence-electron chi connectivity index (χ0n) is 12.8. The first-order chi connectivity index (χ1) is 9.69. The van der Waals surface area contributed by atoms with E-state index in [1.54, 1.807) is 7.11 Å². The summed E-state index contributed by atoms with van der Waals surface area (Å²) in [6.45, 7) is 3.65. The van der Waals surface area contributed by atoms with Gasteiger partial charge in [-0.25, -0.2) is 4.79 Å². The lowest BCUT2D eigenvalue weighted by Gasteiger charge is -2.22. The number of methoxy groups -OCH3 is 2. The van der Waals surface area contributed by atoms with Crippen molar-refractivity contribution >= 4 is 5.97 Å². The van der Waals surface area contributed by atoms with E-state index in [1.807, 2.05) is 6.92 Å². The van der Waals surface area contributed by atoms with Crippen LogP contribution in [0, 0.1) is 0 Å². The SMILES string of the molecule is COC/C(C(=O)OC)=C(\C)CCCOC1CCCCO1. The van der Waals surface area contributed by atoms with E-state index in [1.165, 1.54) is 13.5 Å². The normalized spacial score (nSPS) is 20.4. The minimum Gasteiger partial charge on any atom is -0.466 e. The minimum absolute atomic E-state index is 0.0490. The zero-order chi connectivity index (χ0) is 14.8. The molecule has 0 aromatic carbocycles. The molecule has 0 bridgehead atoms. The molecule has 1 rings (SSSR count). The molecule has 1 fully saturated rings. The van der Waals surface area contributed by atoms with Gasteiger partial charge in [0.2, 0.25) is 0 Å². The molecular formula is C15H26O5. The summed E-state index contributed by atoms with van der Waals surface area (Å²) in [5, 5.41) is 0. The first-order valence-electron chi connectivity index (χ1n) is 7.18. The lowest BCUT2D eigenvalue weighted by atomic mass is 10.1. The molecule has 1 saturated heterocycles. The highest BCUT2D eigenvalue weighted by molar-refractivity contribution is 5.89. The van der Waals surface area contributed by atoms with Gasteiger partial charge in [0.25, 0.3) is 0 Å². The number of allylic oxidation sites excluding steroid dienone is 1. The van der Waals surface area contributed by atoms with Gasteiger partial charge >= 0.3 is 5.97 Å². The predicted molar refractivity (Wildman–Crippen MR) is 75.4 cm³/mol. The average Bonchev–Trinajstić information content (AvgIpc) is 2.49. The van der Waals surface area contributed by atoms with Crippen LogP contribution in [0.4, 0.5) is 0 Å². The van der Waals surface area contributed by atoms with Crippen molar-refractivity contribution < 1.29 is 23.7 Å². The topological polar surface area (TPSA) is 54.0 Å². The second-order valence-electron chi connectivity index (χ2n) is 4.95. The van der Waals surface area contributed by atoms with Gasteiger partial charge in [0.15, 0.2) is 6.29 Å². The number of hydrogen-bond acceptors (Lipinski definition) is 5. The Morgan fingerprint density at radius 2 is 2.10 bits per heavy atom. The van der Waals surface area contributed by atoms with Gasteiger partial charge in [-0.1, -0.05) is 5.57 Å². The summed E-state index contributed by atoms with van der Waals surface area (Å²) in [5.41, 5.74) is 1.59. The summed E-state index contributed by atoms with van der Waals surface area (Å²) < 4.78 is 21.0. The molecule has 0 saturated carbocycles. The van der Waals surface area contributed by atoms with E-state index in [0.29, 0.717) is 12.2 Å². The highest BCUT2D eigenvalue weighted by atomic mass is 16.7. The number of rotatable bonds is 8. The maximum atomic E-state index is 11.6. The van der Waals surface area contributed by atoms with Crippen molar-refractivity contribution in [3.63, 3.8) is 0 Å². The Hall–Kier alpha value is -0.910. The second kappa shape index (κ2) is 9.91. The quantitative estimate of drug-likeness (QED) is 0.390. The number of carbonyl (C=O) groups excluding carboxylic acids is 1. The molecule has 5 heteroatoms. The van der Waals surface area contributed by atoms with E-state index in [2.05, 4.69) is 0 Å². The molecule has 1 aliphatic heterocycles. The zero-order valence-corrected chi connectivity index (χ0v) is 12.8. The third-order valence-corrected chi connectivity index (χ3v) is 3.37. The summed E-state index contributed by atoms with van der Waals surface area (Å²) in [6.07, 6.45) is 4.88. The number of esters is 1. The fraction of sp³-hybridized carbons (Fsp3) is 0.800. The van der Waals surface area contributed by atoms with Crippen molar-refractivity contribution in [2.75, 3.05) is 34.0 Å². The molecule has 0 aromatic rings. The lowest BCUT2D eigenvalue weighted by Crippen LogP contribution is -2.22. The standard InChI is InChI=1S/C15H26O5/c1-12(13(11-17-2)15(16)18-3)7-6-10-20-14-8-4-5-9-19-14/h14H,4-11H2,1-3H3/b13-12-. The van der Waals surface area contributed by atoms with Crippen LogP contribution >= 0.6 is 0 Å². The van der Waals surface area contributed by atoms with E-state index in [4.69, 9.17) is 18.9 Å². The maximum Gasteiger partial charge on any atom is 0.336 e. The van der Waals surface area contributed by atoms with E-state index >= 15 is 0 Å². The summed E-state index contributed by atoms with van der Waals surface area (Å²) in [6, 6.07) is 0. The van der Waals surface area contributed by atoms with Crippen LogP contribution in [0.3, 0.4) is 0 Å². The van der Waals surface area contributed by atoms with Crippen molar-refractivity contribution in [3.05, 3.63) is 11.1 Å². The highest BCUT2D eigenvalue weighted by Gasteiger charge is 2.15. The average molecular weight is 286 g/mol. The molecule has 0 spiro atoms. The van der Waals surface area contributed by atoms with Crippen LogP contribution in [-0.4, -0.2) is 46.3 Å². The van der Waals surface area contributed by atoms with Gasteiger partial charge in [-0.2, -0.15) is 0 Å². The lowest BCUT2D eigenvalue weighted by molar-refractivity contribution is -0.162. The van der Waals surface area contributed by atoms with E-state index < -0.39 is 0 Å². The smallest absolute Gasteiger partial charge is 0.336 e. The first kappa shape index (κ1) is 17.1. The molecule has 1 unspecified atom stereocenters. The fourth-order valence-corrected chi connectivity index (χ4v) is 2.17. The molecule has 20 heavy (non-hydrogen) atoms. The molecule has 0 aliphatic carbocycles. The van der Waals surface area contributed by atoms with Crippen LogP contribution in [0.15, 0.2) is 11.1 Å². The summed E-state index contributed by atoms with van der Waals surface area (Å²) in [4.78, 5) is 11.6. The van der Waals surface area contributed by atoms with Crippen LogP contribution in [0.2, 0.25) is 0 Å². The van der Waals surface area contributed by atoms with Crippen LogP contribution in [-0.2, 0) is 23.7 Å². The van der Waals surface area contributed by atoms with E-state index in [0.717, 1.165) is 37.9 Å². The first-order valence-corrected chi connectivity index (χ1v) is 7.18. The van der Waals surface area contributed by atoms with Crippen molar-refractivity contribution in [1.82, 2.24) is 0 Å². The Kier molecular flexibility index (Phi) is 8.49. The van der Waals surface area contributed by atoms with Crippen molar-refractivity contribution in [1.29, 1.82) is 0 Å². The van der Waals surface area contributed by atoms with Gasteiger partial charge in [0.05, 0.1) is 25.9 Å². The molecule has 1 aliphatic rings. The second-order valence-corrected chi connectivity index (χ2v) is 4.95. The molecule has 1 atom stereocenters. The third-order valence-electron chi connectivity index (χ3n) is 3.37. The Labute approximate surface area is 121 Å². The largest absolute Gasteiger partial charge is 0.466 e. The third kappa shape index (κ3) is 6.03. The van der Waals surface area contributed by atoms with E-state index in [9.17, 15) is 4.79 Å². The van der Waals surface area contributed by atoms with Crippen molar-refractivity contribution in [3.8, 4) is 0 Å². The number of ether oxygens (including phenoxy) is 4. The maximum absolute atomic E-state index is 11.6. The molecule has 0 radical (unpaired) electrons. The number of carbonyl (C=O) groups is 1. The number of hydrogen-bond donors (Lipinski definition) is 0. The van der Waals surface area contributed by atoms with Crippen LogP contribution in [0.25, 0.3) is 0 Å². The summed E-state index contributed by atoms with van der Waals surface area (Å²) >= 11 is 0. The Morgan fingerprint density at radius 1 is 1.30 bits per heavy atom. The molecular weight excluding hydrogens is 260 g/mol. The summed E-state index contributed by atoms with van der Waals surface area (Å²) in [5.74, 6) is -0.319.